The summed E-state index contributed by atoms with van der Waals surface area (Å²) in [5, 5.41) is 0. The predicted molar refractivity (Wildman–Crippen MR) is 69.2 cm³/mol. The molecule has 0 fully saturated rings. The second kappa shape index (κ2) is 5.63. The summed E-state index contributed by atoms with van der Waals surface area (Å²) in [5.74, 6) is 0.0804. The number of Topliss-reactive ketones (excluding diaryl/α,β-unsaturated/α-hetero) is 1. The second-order valence-electron chi connectivity index (χ2n) is 2.68. The third-order valence-electron chi connectivity index (χ3n) is 1.70. The Morgan fingerprint density at radius 3 is 2.50 bits per heavy atom. The minimum Gasteiger partial charge on any atom is -0.294 e. The Morgan fingerprint density at radius 1 is 1.43 bits per heavy atom. The lowest BCUT2D eigenvalue weighted by atomic mass is 10.1. The molecule has 0 heterocycles. The quantitative estimate of drug-likeness (QED) is 0.623. The van der Waals surface area contributed by atoms with Crippen LogP contribution in [-0.2, 0) is 0 Å². The van der Waals surface area contributed by atoms with Crippen LogP contribution in [0, 0.1) is 0 Å². The number of hydrogen-bond acceptors (Lipinski definition) is 3. The first-order valence-corrected chi connectivity index (χ1v) is 6.41. The number of carbonyl (C=O) groups excluding carboxylic acids is 1. The van der Waals surface area contributed by atoms with Gasteiger partial charge in [-0.2, -0.15) is 0 Å². The van der Waals surface area contributed by atoms with E-state index in [9.17, 15) is 4.79 Å². The SMILES string of the molecule is CSC(=S)CC(=O)c1ccc(Br)cc1. The Hall–Kier alpha value is -0.190. The third kappa shape index (κ3) is 3.52. The molecule has 0 aliphatic rings. The van der Waals surface area contributed by atoms with Crippen LogP contribution in [0.2, 0.25) is 0 Å². The zero-order valence-electron chi connectivity index (χ0n) is 7.62. The van der Waals surface area contributed by atoms with Crippen molar-refractivity contribution in [2.45, 2.75) is 6.42 Å². The van der Waals surface area contributed by atoms with Crippen molar-refractivity contribution in [2.75, 3.05) is 6.26 Å². The topological polar surface area (TPSA) is 17.1 Å². The lowest BCUT2D eigenvalue weighted by Gasteiger charge is -2.00. The molecular weight excluding hydrogens is 280 g/mol. The minimum absolute atomic E-state index is 0.0804. The summed E-state index contributed by atoms with van der Waals surface area (Å²) in [6.07, 6.45) is 2.23. The Morgan fingerprint density at radius 2 is 2.00 bits per heavy atom. The molecule has 0 saturated carbocycles. The minimum atomic E-state index is 0.0804. The zero-order valence-corrected chi connectivity index (χ0v) is 10.8. The van der Waals surface area contributed by atoms with Crippen molar-refractivity contribution >= 4 is 49.9 Å². The van der Waals surface area contributed by atoms with E-state index in [1.807, 2.05) is 18.4 Å². The van der Waals surface area contributed by atoms with E-state index in [0.717, 1.165) is 8.67 Å². The molecule has 0 radical (unpaired) electrons. The predicted octanol–water partition coefficient (Wildman–Crippen LogP) is 3.71. The van der Waals surface area contributed by atoms with Crippen molar-refractivity contribution in [3.8, 4) is 0 Å². The van der Waals surface area contributed by atoms with Crippen LogP contribution in [-0.4, -0.2) is 16.2 Å². The summed E-state index contributed by atoms with van der Waals surface area (Å²) < 4.78 is 1.71. The van der Waals surface area contributed by atoms with Crippen molar-refractivity contribution < 1.29 is 4.79 Å². The molecule has 0 amide bonds. The molecule has 0 saturated heterocycles. The standard InChI is InChI=1S/C10H9BrOS2/c1-14-10(13)6-9(12)7-2-4-8(11)5-3-7/h2-5H,6H2,1H3. The maximum atomic E-state index is 11.6. The second-order valence-corrected chi connectivity index (χ2v) is 5.25. The molecule has 74 valence electrons. The van der Waals surface area contributed by atoms with Gasteiger partial charge in [0.2, 0.25) is 0 Å². The summed E-state index contributed by atoms with van der Waals surface area (Å²) in [7, 11) is 0. The number of thioether (sulfide) groups is 1. The molecule has 0 unspecified atom stereocenters. The summed E-state index contributed by atoms with van der Waals surface area (Å²) in [5.41, 5.74) is 0.713. The van der Waals surface area contributed by atoms with Crippen LogP contribution >= 0.6 is 39.9 Å². The highest BCUT2D eigenvalue weighted by molar-refractivity contribution is 9.10. The Labute approximate surface area is 101 Å². The highest BCUT2D eigenvalue weighted by Crippen LogP contribution is 2.13. The van der Waals surface area contributed by atoms with Crippen LogP contribution in [0.15, 0.2) is 28.7 Å². The molecule has 0 spiro atoms. The fourth-order valence-electron chi connectivity index (χ4n) is 0.941. The van der Waals surface area contributed by atoms with E-state index >= 15 is 0 Å². The van der Waals surface area contributed by atoms with Gasteiger partial charge in [-0.1, -0.05) is 40.3 Å². The molecule has 1 nitrogen and oxygen atoms in total. The molecule has 1 aromatic rings. The lowest BCUT2D eigenvalue weighted by molar-refractivity contribution is 0.100. The number of carbonyl (C=O) groups is 1. The zero-order chi connectivity index (χ0) is 10.6. The molecule has 14 heavy (non-hydrogen) atoms. The van der Waals surface area contributed by atoms with Gasteiger partial charge in [0.1, 0.15) is 0 Å². The van der Waals surface area contributed by atoms with Crippen molar-refractivity contribution in [1.82, 2.24) is 0 Å². The largest absolute Gasteiger partial charge is 0.294 e. The van der Waals surface area contributed by atoms with Crippen LogP contribution in [0.4, 0.5) is 0 Å². The Balaban J connectivity index is 2.70. The van der Waals surface area contributed by atoms with Crippen LogP contribution in [0.3, 0.4) is 0 Å². The fourth-order valence-corrected chi connectivity index (χ4v) is 1.61. The molecular formula is C10H9BrOS2. The molecule has 1 rings (SSSR count). The molecule has 0 atom stereocenters. The van der Waals surface area contributed by atoms with E-state index in [0.29, 0.717) is 12.0 Å². The summed E-state index contributed by atoms with van der Waals surface area (Å²) in [6, 6.07) is 7.31. The van der Waals surface area contributed by atoms with Crippen molar-refractivity contribution in [2.24, 2.45) is 0 Å². The fraction of sp³-hybridized carbons (Fsp3) is 0.200. The van der Waals surface area contributed by atoms with Crippen molar-refractivity contribution in [3.05, 3.63) is 34.3 Å². The van der Waals surface area contributed by atoms with Gasteiger partial charge >= 0.3 is 0 Å². The first kappa shape index (κ1) is 11.9. The first-order valence-electron chi connectivity index (χ1n) is 3.99. The van der Waals surface area contributed by atoms with E-state index < -0.39 is 0 Å². The van der Waals surface area contributed by atoms with Gasteiger partial charge in [-0.15, -0.1) is 11.8 Å². The molecule has 0 bridgehead atoms. The van der Waals surface area contributed by atoms with Gasteiger partial charge in [0.25, 0.3) is 0 Å². The summed E-state index contributed by atoms with van der Waals surface area (Å²) in [6.45, 7) is 0. The van der Waals surface area contributed by atoms with Crippen LogP contribution in [0.5, 0.6) is 0 Å². The maximum Gasteiger partial charge on any atom is 0.168 e. The van der Waals surface area contributed by atoms with Crippen LogP contribution < -0.4 is 0 Å². The van der Waals surface area contributed by atoms with Gasteiger partial charge in [0.05, 0.1) is 10.6 Å². The monoisotopic (exact) mass is 288 g/mol. The van der Waals surface area contributed by atoms with Crippen LogP contribution in [0.25, 0.3) is 0 Å². The molecule has 0 N–H and O–H groups in total. The molecule has 4 heteroatoms. The van der Waals surface area contributed by atoms with E-state index in [1.165, 1.54) is 11.8 Å². The third-order valence-corrected chi connectivity index (χ3v) is 3.47. The van der Waals surface area contributed by atoms with Crippen LogP contribution in [0.1, 0.15) is 16.8 Å². The molecule has 0 aromatic heterocycles. The van der Waals surface area contributed by atoms with Crippen molar-refractivity contribution in [1.29, 1.82) is 0 Å². The highest BCUT2D eigenvalue weighted by Gasteiger charge is 2.07. The Bertz CT molecular complexity index is 346. The van der Waals surface area contributed by atoms with E-state index in [-0.39, 0.29) is 5.78 Å². The lowest BCUT2D eigenvalue weighted by Crippen LogP contribution is -2.03. The van der Waals surface area contributed by atoms with E-state index in [2.05, 4.69) is 15.9 Å². The van der Waals surface area contributed by atoms with Gasteiger partial charge in [0.15, 0.2) is 5.78 Å². The number of ketones is 1. The normalized spacial score (nSPS) is 9.86. The number of thiocarbonyl (C=S) groups is 1. The van der Waals surface area contributed by atoms with Gasteiger partial charge in [-0.25, -0.2) is 0 Å². The van der Waals surface area contributed by atoms with Gasteiger partial charge in [0, 0.05) is 10.0 Å². The molecule has 0 aliphatic carbocycles. The average Bonchev–Trinajstić information content (AvgIpc) is 2.18. The number of benzene rings is 1. The van der Waals surface area contributed by atoms with Gasteiger partial charge in [-0.05, 0) is 18.4 Å². The molecule has 0 aliphatic heterocycles. The molecule has 1 aromatic carbocycles. The number of hydrogen-bond donors (Lipinski definition) is 0. The van der Waals surface area contributed by atoms with Crippen molar-refractivity contribution in [3.63, 3.8) is 0 Å². The average molecular weight is 289 g/mol. The summed E-state index contributed by atoms with van der Waals surface area (Å²) >= 11 is 9.76. The summed E-state index contributed by atoms with van der Waals surface area (Å²) in [4.78, 5) is 11.6. The Kier molecular flexibility index (Phi) is 4.78. The van der Waals surface area contributed by atoms with E-state index in [1.54, 1.807) is 12.1 Å². The first-order chi connectivity index (χ1) is 6.63. The van der Waals surface area contributed by atoms with Gasteiger partial charge < -0.3 is 0 Å². The number of halogens is 1. The maximum absolute atomic E-state index is 11.6. The number of rotatable bonds is 3. The smallest absolute Gasteiger partial charge is 0.168 e. The van der Waals surface area contributed by atoms with Gasteiger partial charge in [-0.3, -0.25) is 4.79 Å². The van der Waals surface area contributed by atoms with E-state index in [4.69, 9.17) is 12.2 Å². The highest BCUT2D eigenvalue weighted by atomic mass is 79.9.